The zero-order chi connectivity index (χ0) is 11.1. The van der Waals surface area contributed by atoms with Crippen molar-refractivity contribution in [2.75, 3.05) is 12.5 Å². The van der Waals surface area contributed by atoms with Crippen LogP contribution in [-0.4, -0.2) is 19.0 Å². The molecule has 5 heteroatoms. The summed E-state index contributed by atoms with van der Waals surface area (Å²) in [5, 5.41) is 19.1. The van der Waals surface area contributed by atoms with Crippen LogP contribution in [0.15, 0.2) is 29.4 Å². The van der Waals surface area contributed by atoms with Gasteiger partial charge in [-0.2, -0.15) is 10.4 Å². The van der Waals surface area contributed by atoms with Crippen molar-refractivity contribution in [2.45, 2.75) is 0 Å². The third kappa shape index (κ3) is 3.12. The van der Waals surface area contributed by atoms with Gasteiger partial charge in [0.25, 0.3) is 0 Å². The highest BCUT2D eigenvalue weighted by Gasteiger charge is 1.94. The van der Waals surface area contributed by atoms with Crippen LogP contribution in [-0.2, 0) is 0 Å². The molecule has 2 N–H and O–H groups in total. The summed E-state index contributed by atoms with van der Waals surface area (Å²) in [7, 11) is 1.57. The summed E-state index contributed by atoms with van der Waals surface area (Å²) in [6.45, 7) is 0. The summed E-state index contributed by atoms with van der Waals surface area (Å²) in [4.78, 5) is 0. The van der Waals surface area contributed by atoms with E-state index in [1.54, 1.807) is 37.4 Å². The molecule has 15 heavy (non-hydrogen) atoms. The molecule has 0 aliphatic heterocycles. The third-order valence-electron chi connectivity index (χ3n) is 1.63. The van der Waals surface area contributed by atoms with Gasteiger partial charge in [0.1, 0.15) is 11.8 Å². The van der Waals surface area contributed by atoms with Gasteiger partial charge in [0, 0.05) is 6.07 Å². The molecule has 0 atom stereocenters. The molecule has 76 valence electrons. The first-order valence-electron chi connectivity index (χ1n) is 4.18. The Balaban J connectivity index is 2.77. The van der Waals surface area contributed by atoms with E-state index in [1.807, 2.05) is 0 Å². The monoisotopic (exact) mass is 202 g/mol. The molecule has 0 aliphatic carbocycles. The molecule has 1 aromatic rings. The van der Waals surface area contributed by atoms with E-state index in [-0.39, 0.29) is 5.71 Å². The first kappa shape index (κ1) is 10.7. The van der Waals surface area contributed by atoms with Gasteiger partial charge in [0.2, 0.25) is 0 Å². The van der Waals surface area contributed by atoms with Gasteiger partial charge in [-0.05, 0) is 12.1 Å². The zero-order valence-corrected chi connectivity index (χ0v) is 8.19. The molecule has 0 saturated heterocycles. The summed E-state index contributed by atoms with van der Waals surface area (Å²) >= 11 is 0. The van der Waals surface area contributed by atoms with Gasteiger partial charge in [-0.25, -0.2) is 0 Å². The lowest BCUT2D eigenvalue weighted by molar-refractivity contribution is 0.415. The average molecular weight is 202 g/mol. The molecule has 0 amide bonds. The number of anilines is 1. The van der Waals surface area contributed by atoms with E-state index in [0.29, 0.717) is 11.4 Å². The Morgan fingerprint density at radius 3 is 3.07 bits per heavy atom. The van der Waals surface area contributed by atoms with Crippen molar-refractivity contribution in [2.24, 2.45) is 5.10 Å². The smallest absolute Gasteiger partial charge is 0.178 e. The lowest BCUT2D eigenvalue weighted by atomic mass is 10.3. The first-order valence-corrected chi connectivity index (χ1v) is 4.18. The van der Waals surface area contributed by atoms with Crippen molar-refractivity contribution in [3.05, 3.63) is 24.3 Å². The van der Waals surface area contributed by atoms with Gasteiger partial charge in [0.05, 0.1) is 19.0 Å². The number of benzene rings is 1. The quantitative estimate of drug-likeness (QED) is 0.575. The molecule has 0 fully saturated rings. The highest BCUT2D eigenvalue weighted by atomic mass is 16.5. The fourth-order valence-corrected chi connectivity index (χ4v) is 0.907. The fourth-order valence-electron chi connectivity index (χ4n) is 0.907. The molecule has 0 bridgehead atoms. The van der Waals surface area contributed by atoms with Crippen molar-refractivity contribution in [3.8, 4) is 11.8 Å². The molecule has 0 radical (unpaired) electrons. The molecule has 0 unspecified atom stereocenters. The lowest BCUT2D eigenvalue weighted by Gasteiger charge is -2.02. The molecule has 5 nitrogen and oxygen atoms in total. The normalized spacial score (nSPS) is 10.3. The summed E-state index contributed by atoms with van der Waals surface area (Å²) in [6, 6.07) is 8.89. The Bertz CT molecular complexity index is 420. The van der Waals surface area contributed by atoms with Gasteiger partial charge in [-0.1, -0.05) is 6.07 Å². The highest BCUT2D eigenvalue weighted by molar-refractivity contribution is 6.37. The molecule has 0 aliphatic rings. The van der Waals surface area contributed by atoms with Crippen molar-refractivity contribution in [1.82, 2.24) is 0 Å². The van der Waals surface area contributed by atoms with E-state index in [0.717, 1.165) is 6.21 Å². The minimum absolute atomic E-state index is 0.0119. The summed E-state index contributed by atoms with van der Waals surface area (Å²) in [6.07, 6.45) is 0.882. The third-order valence-corrected chi connectivity index (χ3v) is 1.63. The van der Waals surface area contributed by atoms with Crippen molar-refractivity contribution in [3.63, 3.8) is 0 Å². The van der Waals surface area contributed by atoms with Crippen LogP contribution in [0.2, 0.25) is 0 Å². The number of nitrogens with one attached hydrogen (secondary N) is 2. The minimum Gasteiger partial charge on any atom is -0.497 e. The Labute approximate surface area is 87.5 Å². The Morgan fingerprint density at radius 1 is 1.67 bits per heavy atom. The van der Waals surface area contributed by atoms with E-state index >= 15 is 0 Å². The van der Waals surface area contributed by atoms with Crippen LogP contribution in [0.4, 0.5) is 5.69 Å². The topological polar surface area (TPSA) is 81.3 Å². The molecule has 1 rings (SSSR count). The van der Waals surface area contributed by atoms with Crippen LogP contribution in [0.5, 0.6) is 5.75 Å². The minimum atomic E-state index is 0.0119. The highest BCUT2D eigenvalue weighted by Crippen LogP contribution is 2.16. The molecule has 1 aromatic carbocycles. The molecule has 0 aromatic heterocycles. The maximum Gasteiger partial charge on any atom is 0.178 e. The molecular weight excluding hydrogens is 192 g/mol. The number of hydrogen-bond donors (Lipinski definition) is 2. The second-order valence-corrected chi connectivity index (χ2v) is 2.60. The predicted molar refractivity (Wildman–Crippen MR) is 58.4 cm³/mol. The van der Waals surface area contributed by atoms with Crippen LogP contribution in [0, 0.1) is 16.7 Å². The summed E-state index contributed by atoms with van der Waals surface area (Å²) in [5.74, 6) is 0.698. The number of hydrazone groups is 1. The van der Waals surface area contributed by atoms with Crippen LogP contribution in [0.3, 0.4) is 0 Å². The second-order valence-electron chi connectivity index (χ2n) is 2.60. The van der Waals surface area contributed by atoms with Crippen molar-refractivity contribution >= 4 is 17.6 Å². The van der Waals surface area contributed by atoms with Crippen molar-refractivity contribution < 1.29 is 4.74 Å². The van der Waals surface area contributed by atoms with E-state index in [1.165, 1.54) is 0 Å². The average Bonchev–Trinajstić information content (AvgIpc) is 2.31. The summed E-state index contributed by atoms with van der Waals surface area (Å²) in [5.41, 5.74) is 3.37. The molecule has 0 saturated carbocycles. The number of ether oxygens (including phenoxy) is 1. The van der Waals surface area contributed by atoms with Gasteiger partial charge in [0.15, 0.2) is 5.71 Å². The molecule has 0 spiro atoms. The summed E-state index contributed by atoms with van der Waals surface area (Å²) < 4.78 is 5.02. The number of hydrogen-bond acceptors (Lipinski definition) is 5. The largest absolute Gasteiger partial charge is 0.497 e. The lowest BCUT2D eigenvalue weighted by Crippen LogP contribution is -1.99. The van der Waals surface area contributed by atoms with Gasteiger partial charge < -0.3 is 10.1 Å². The molecule has 0 heterocycles. The maximum absolute atomic E-state index is 8.51. The van der Waals surface area contributed by atoms with Crippen LogP contribution >= 0.6 is 0 Å². The van der Waals surface area contributed by atoms with E-state index in [9.17, 15) is 0 Å². The predicted octanol–water partition coefficient (Wildman–Crippen LogP) is 1.64. The van der Waals surface area contributed by atoms with E-state index in [4.69, 9.17) is 15.4 Å². The van der Waals surface area contributed by atoms with Crippen LogP contribution in [0.25, 0.3) is 0 Å². The number of nitriles is 1. The number of rotatable bonds is 4. The number of nitrogens with zero attached hydrogens (tertiary/aromatic N) is 2. The van der Waals surface area contributed by atoms with Crippen LogP contribution < -0.4 is 10.2 Å². The zero-order valence-electron chi connectivity index (χ0n) is 8.19. The number of methoxy groups -OCH3 is 1. The Morgan fingerprint density at radius 2 is 2.47 bits per heavy atom. The van der Waals surface area contributed by atoms with Gasteiger partial charge in [-0.15, -0.1) is 0 Å². The Hall–Kier alpha value is -2.35. The maximum atomic E-state index is 8.51. The van der Waals surface area contributed by atoms with E-state index in [2.05, 4.69) is 10.5 Å². The van der Waals surface area contributed by atoms with E-state index < -0.39 is 0 Å². The fraction of sp³-hybridized carbons (Fsp3) is 0.100. The van der Waals surface area contributed by atoms with Gasteiger partial charge >= 0.3 is 0 Å². The second kappa shape index (κ2) is 5.40. The first-order chi connectivity index (χ1) is 7.30. The Kier molecular flexibility index (Phi) is 3.86. The molecular formula is C10H10N4O. The standard InChI is InChI=1S/C10H10N4O/c1-15-10-4-2-3-8(5-10)13-14-9(6-11)7-12/h2-6,11,13H,1H3/b11-6?,14-9+. The van der Waals surface area contributed by atoms with Crippen LogP contribution in [0.1, 0.15) is 0 Å². The SMILES string of the molecule is COc1cccc(N/N=C(/C#N)C=N)c1. The van der Waals surface area contributed by atoms with Crippen molar-refractivity contribution in [1.29, 1.82) is 10.7 Å². The van der Waals surface area contributed by atoms with Gasteiger partial charge in [-0.3, -0.25) is 5.43 Å².